The van der Waals surface area contributed by atoms with Crippen LogP contribution in [0.4, 0.5) is 0 Å². The molecular formula is C10H9BrN2O2. The first-order valence-electron chi connectivity index (χ1n) is 4.45. The van der Waals surface area contributed by atoms with Crippen LogP contribution in [0.25, 0.3) is 0 Å². The molecule has 0 fully saturated rings. The van der Waals surface area contributed by atoms with E-state index in [2.05, 4.69) is 26.1 Å². The minimum atomic E-state index is -0.195. The number of halogens is 1. The van der Waals surface area contributed by atoms with Crippen LogP contribution in [0.1, 0.15) is 17.3 Å². The van der Waals surface area contributed by atoms with E-state index in [-0.39, 0.29) is 6.61 Å². The van der Waals surface area contributed by atoms with E-state index in [0.29, 0.717) is 18.1 Å². The predicted molar refractivity (Wildman–Crippen MR) is 57.2 cm³/mol. The quantitative estimate of drug-likeness (QED) is 0.924. The van der Waals surface area contributed by atoms with Gasteiger partial charge in [0.05, 0.1) is 6.42 Å². The molecule has 0 saturated carbocycles. The van der Waals surface area contributed by atoms with Crippen molar-refractivity contribution in [2.75, 3.05) is 0 Å². The Hall–Kier alpha value is -1.20. The van der Waals surface area contributed by atoms with E-state index in [1.807, 2.05) is 24.3 Å². The third kappa shape index (κ3) is 2.43. The molecule has 1 aromatic heterocycles. The Balaban J connectivity index is 2.18. The fourth-order valence-corrected chi connectivity index (χ4v) is 1.66. The van der Waals surface area contributed by atoms with Crippen LogP contribution < -0.4 is 0 Å². The molecular weight excluding hydrogens is 260 g/mol. The monoisotopic (exact) mass is 268 g/mol. The average molecular weight is 269 g/mol. The zero-order valence-corrected chi connectivity index (χ0v) is 9.44. The zero-order chi connectivity index (χ0) is 10.7. The van der Waals surface area contributed by atoms with Gasteiger partial charge in [-0.05, 0) is 11.6 Å². The SMILES string of the molecule is OCc1noc(Cc2ccccc2Br)n1. The summed E-state index contributed by atoms with van der Waals surface area (Å²) in [6.07, 6.45) is 0.564. The molecule has 1 aromatic carbocycles. The van der Waals surface area contributed by atoms with E-state index < -0.39 is 0 Å². The van der Waals surface area contributed by atoms with Gasteiger partial charge in [0, 0.05) is 4.47 Å². The predicted octanol–water partition coefficient (Wildman–Crippen LogP) is 1.92. The first-order chi connectivity index (χ1) is 7.29. The first kappa shape index (κ1) is 10.3. The molecule has 0 unspecified atom stereocenters. The molecule has 78 valence electrons. The molecule has 0 aliphatic carbocycles. The molecule has 1 heterocycles. The maximum atomic E-state index is 8.78. The van der Waals surface area contributed by atoms with E-state index in [1.165, 1.54) is 0 Å². The summed E-state index contributed by atoms with van der Waals surface area (Å²) in [6.45, 7) is -0.195. The van der Waals surface area contributed by atoms with Crippen molar-refractivity contribution in [1.29, 1.82) is 0 Å². The highest BCUT2D eigenvalue weighted by Gasteiger charge is 2.07. The molecule has 0 radical (unpaired) electrons. The summed E-state index contributed by atoms with van der Waals surface area (Å²) in [6, 6.07) is 7.83. The third-order valence-corrected chi connectivity index (χ3v) is 2.72. The summed E-state index contributed by atoms with van der Waals surface area (Å²) in [5.41, 5.74) is 1.07. The second-order valence-corrected chi connectivity index (χ2v) is 3.88. The van der Waals surface area contributed by atoms with E-state index >= 15 is 0 Å². The summed E-state index contributed by atoms with van der Waals surface area (Å²) in [7, 11) is 0. The van der Waals surface area contributed by atoms with Crippen molar-refractivity contribution in [3.8, 4) is 0 Å². The molecule has 5 heteroatoms. The van der Waals surface area contributed by atoms with Crippen molar-refractivity contribution in [2.45, 2.75) is 13.0 Å². The molecule has 0 saturated heterocycles. The summed E-state index contributed by atoms with van der Waals surface area (Å²) in [5.74, 6) is 0.822. The molecule has 2 rings (SSSR count). The van der Waals surface area contributed by atoms with Gasteiger partial charge in [0.25, 0.3) is 0 Å². The number of hydrogen-bond donors (Lipinski definition) is 1. The van der Waals surface area contributed by atoms with Gasteiger partial charge in [-0.1, -0.05) is 39.3 Å². The minimum absolute atomic E-state index is 0.195. The topological polar surface area (TPSA) is 59.2 Å². The lowest BCUT2D eigenvalue weighted by Gasteiger charge is -1.98. The number of rotatable bonds is 3. The van der Waals surface area contributed by atoms with Gasteiger partial charge in [0.1, 0.15) is 6.61 Å². The Labute approximate surface area is 95.1 Å². The lowest BCUT2D eigenvalue weighted by Crippen LogP contribution is -1.91. The van der Waals surface area contributed by atoms with Gasteiger partial charge in [-0.25, -0.2) is 0 Å². The van der Waals surface area contributed by atoms with Crippen LogP contribution in [0.2, 0.25) is 0 Å². The first-order valence-corrected chi connectivity index (χ1v) is 5.24. The van der Waals surface area contributed by atoms with Crippen LogP contribution >= 0.6 is 15.9 Å². The van der Waals surface area contributed by atoms with Crippen LogP contribution in [0.15, 0.2) is 33.3 Å². The van der Waals surface area contributed by atoms with Crippen molar-refractivity contribution in [1.82, 2.24) is 10.1 Å². The molecule has 2 aromatic rings. The van der Waals surface area contributed by atoms with E-state index in [9.17, 15) is 0 Å². The fraction of sp³-hybridized carbons (Fsp3) is 0.200. The van der Waals surface area contributed by atoms with E-state index in [1.54, 1.807) is 0 Å². The Morgan fingerprint density at radius 3 is 2.80 bits per heavy atom. The van der Waals surface area contributed by atoms with E-state index in [0.717, 1.165) is 10.0 Å². The maximum Gasteiger partial charge on any atom is 0.231 e. The summed E-state index contributed by atoms with van der Waals surface area (Å²) in [4.78, 5) is 4.02. The van der Waals surface area contributed by atoms with Crippen molar-refractivity contribution in [3.05, 3.63) is 46.0 Å². The lowest BCUT2D eigenvalue weighted by molar-refractivity contribution is 0.263. The highest BCUT2D eigenvalue weighted by atomic mass is 79.9. The Morgan fingerprint density at radius 1 is 1.33 bits per heavy atom. The molecule has 1 N–H and O–H groups in total. The molecule has 0 bridgehead atoms. The number of nitrogens with zero attached hydrogens (tertiary/aromatic N) is 2. The second-order valence-electron chi connectivity index (χ2n) is 3.03. The lowest BCUT2D eigenvalue weighted by atomic mass is 10.1. The smallest absolute Gasteiger partial charge is 0.231 e. The van der Waals surface area contributed by atoms with Crippen LogP contribution in [-0.2, 0) is 13.0 Å². The number of benzene rings is 1. The number of aliphatic hydroxyl groups is 1. The Bertz CT molecular complexity index is 456. The molecule has 0 aliphatic rings. The van der Waals surface area contributed by atoms with Gasteiger partial charge in [0.2, 0.25) is 5.89 Å². The number of hydrogen-bond acceptors (Lipinski definition) is 4. The zero-order valence-electron chi connectivity index (χ0n) is 7.85. The summed E-state index contributed by atoms with van der Waals surface area (Å²) < 4.78 is 5.98. The Morgan fingerprint density at radius 2 is 2.13 bits per heavy atom. The summed E-state index contributed by atoms with van der Waals surface area (Å²) >= 11 is 3.44. The molecule has 0 amide bonds. The van der Waals surface area contributed by atoms with Crippen LogP contribution in [0, 0.1) is 0 Å². The summed E-state index contributed by atoms with van der Waals surface area (Å²) in [5, 5.41) is 12.4. The Kier molecular flexibility index (Phi) is 3.13. The van der Waals surface area contributed by atoms with Gasteiger partial charge >= 0.3 is 0 Å². The third-order valence-electron chi connectivity index (χ3n) is 1.95. The molecule has 0 spiro atoms. The van der Waals surface area contributed by atoms with Gasteiger partial charge in [-0.15, -0.1) is 0 Å². The van der Waals surface area contributed by atoms with Crippen molar-refractivity contribution < 1.29 is 9.63 Å². The van der Waals surface area contributed by atoms with Gasteiger partial charge in [-0.3, -0.25) is 0 Å². The largest absolute Gasteiger partial charge is 0.388 e. The highest BCUT2D eigenvalue weighted by molar-refractivity contribution is 9.10. The molecule has 0 atom stereocenters. The maximum absolute atomic E-state index is 8.78. The van der Waals surface area contributed by atoms with Gasteiger partial charge in [0.15, 0.2) is 5.82 Å². The second kappa shape index (κ2) is 4.55. The van der Waals surface area contributed by atoms with Crippen LogP contribution in [0.5, 0.6) is 0 Å². The van der Waals surface area contributed by atoms with Crippen LogP contribution in [0.3, 0.4) is 0 Å². The minimum Gasteiger partial charge on any atom is -0.388 e. The standard InChI is InChI=1S/C10H9BrN2O2/c11-8-4-2-1-3-7(8)5-10-12-9(6-14)13-15-10/h1-4,14H,5-6H2. The molecule has 15 heavy (non-hydrogen) atoms. The van der Waals surface area contributed by atoms with Gasteiger partial charge < -0.3 is 9.63 Å². The van der Waals surface area contributed by atoms with Gasteiger partial charge in [-0.2, -0.15) is 4.98 Å². The van der Waals surface area contributed by atoms with Crippen molar-refractivity contribution >= 4 is 15.9 Å². The molecule has 0 aliphatic heterocycles. The normalized spacial score (nSPS) is 10.5. The van der Waals surface area contributed by atoms with E-state index in [4.69, 9.17) is 9.63 Å². The fourth-order valence-electron chi connectivity index (χ4n) is 1.23. The van der Waals surface area contributed by atoms with Crippen molar-refractivity contribution in [2.24, 2.45) is 0 Å². The van der Waals surface area contributed by atoms with Crippen LogP contribution in [-0.4, -0.2) is 15.2 Å². The number of aromatic nitrogens is 2. The average Bonchev–Trinajstić information content (AvgIpc) is 2.69. The van der Waals surface area contributed by atoms with Crippen molar-refractivity contribution in [3.63, 3.8) is 0 Å². The number of aliphatic hydroxyl groups excluding tert-OH is 1. The molecule has 4 nitrogen and oxygen atoms in total. The highest BCUT2D eigenvalue weighted by Crippen LogP contribution is 2.18.